The molecule has 1 fully saturated rings. The smallest absolute Gasteiger partial charge is 0.0555 e. The highest BCUT2D eigenvalue weighted by molar-refractivity contribution is 5.19. The maximum absolute atomic E-state index is 9.65. The van der Waals surface area contributed by atoms with Crippen molar-refractivity contribution in [2.75, 3.05) is 26.7 Å². The molecule has 2 rings (SSSR count). The summed E-state index contributed by atoms with van der Waals surface area (Å²) in [5.74, 6) is 0. The fraction of sp³-hybridized carbons (Fsp3) is 0.583. The molecule has 0 amide bonds. The Labute approximate surface area is 90.8 Å². The highest BCUT2D eigenvalue weighted by Gasteiger charge is 2.36. The maximum Gasteiger partial charge on any atom is 0.0555 e. The number of aliphatic hydroxyl groups excluding tert-OH is 1. The van der Waals surface area contributed by atoms with Crippen LogP contribution in [-0.2, 0) is 5.41 Å². The van der Waals surface area contributed by atoms with E-state index in [-0.39, 0.29) is 12.0 Å². The number of hydrogen-bond donors (Lipinski definition) is 1. The second-order valence-electron chi connectivity index (χ2n) is 4.49. The lowest BCUT2D eigenvalue weighted by Gasteiger charge is -2.39. The summed E-state index contributed by atoms with van der Waals surface area (Å²) < 4.78 is 0. The largest absolute Gasteiger partial charge is 0.395 e. The summed E-state index contributed by atoms with van der Waals surface area (Å²) in [5.41, 5.74) is 0.882. The van der Waals surface area contributed by atoms with Crippen LogP contribution in [0.25, 0.3) is 0 Å². The van der Waals surface area contributed by atoms with Gasteiger partial charge in [0.2, 0.25) is 0 Å². The molecule has 1 saturated heterocycles. The minimum Gasteiger partial charge on any atom is -0.395 e. The molecule has 3 nitrogen and oxygen atoms in total. The van der Waals surface area contributed by atoms with Crippen LogP contribution in [0.1, 0.15) is 18.5 Å². The van der Waals surface area contributed by atoms with Crippen LogP contribution in [0.15, 0.2) is 24.4 Å². The zero-order valence-electron chi connectivity index (χ0n) is 9.19. The minimum atomic E-state index is -0.145. The van der Waals surface area contributed by atoms with Gasteiger partial charge in [-0.3, -0.25) is 4.98 Å². The van der Waals surface area contributed by atoms with Crippen LogP contribution in [0.2, 0.25) is 0 Å². The van der Waals surface area contributed by atoms with E-state index in [1.54, 1.807) is 6.20 Å². The number of aliphatic hydroxyl groups is 1. The first-order chi connectivity index (χ1) is 7.27. The molecule has 1 unspecified atom stereocenters. The Morgan fingerprint density at radius 1 is 1.53 bits per heavy atom. The molecule has 1 atom stereocenters. The molecule has 82 valence electrons. The van der Waals surface area contributed by atoms with Gasteiger partial charge in [0.05, 0.1) is 12.3 Å². The second kappa shape index (κ2) is 4.29. The molecule has 1 aromatic heterocycles. The fourth-order valence-corrected chi connectivity index (χ4v) is 2.46. The monoisotopic (exact) mass is 206 g/mol. The molecular formula is C12H18N2O. The van der Waals surface area contributed by atoms with Gasteiger partial charge in [0.15, 0.2) is 0 Å². The lowest BCUT2D eigenvalue weighted by molar-refractivity contribution is 0.102. The molecule has 3 heteroatoms. The average molecular weight is 206 g/mol. The van der Waals surface area contributed by atoms with E-state index in [4.69, 9.17) is 0 Å². The fourth-order valence-electron chi connectivity index (χ4n) is 2.46. The van der Waals surface area contributed by atoms with Crippen LogP contribution in [0.3, 0.4) is 0 Å². The minimum absolute atomic E-state index is 0.145. The van der Waals surface area contributed by atoms with E-state index in [1.807, 2.05) is 18.2 Å². The van der Waals surface area contributed by atoms with E-state index < -0.39 is 0 Å². The lowest BCUT2D eigenvalue weighted by atomic mass is 9.77. The van der Waals surface area contributed by atoms with Crippen molar-refractivity contribution in [3.8, 4) is 0 Å². The Kier molecular flexibility index (Phi) is 3.03. The van der Waals surface area contributed by atoms with Crippen LogP contribution in [0.4, 0.5) is 0 Å². The molecule has 1 aromatic rings. The Balaban J connectivity index is 2.28. The number of hydrogen-bond acceptors (Lipinski definition) is 3. The van der Waals surface area contributed by atoms with Crippen LogP contribution < -0.4 is 0 Å². The second-order valence-corrected chi connectivity index (χ2v) is 4.49. The van der Waals surface area contributed by atoms with E-state index in [1.165, 1.54) is 0 Å². The van der Waals surface area contributed by atoms with Crippen LogP contribution in [0, 0.1) is 0 Å². The lowest BCUT2D eigenvalue weighted by Crippen LogP contribution is -2.47. The zero-order valence-corrected chi connectivity index (χ0v) is 9.19. The molecule has 1 N–H and O–H groups in total. The van der Waals surface area contributed by atoms with Gasteiger partial charge in [0.25, 0.3) is 0 Å². The van der Waals surface area contributed by atoms with Crippen molar-refractivity contribution >= 4 is 0 Å². The molecule has 0 bridgehead atoms. The standard InChI is InChI=1S/C12H18N2O/c1-14-8-4-6-12(9-14,10-15)11-5-2-3-7-13-11/h2-3,5,7,15H,4,6,8-10H2,1H3. The number of pyridine rings is 1. The number of aromatic nitrogens is 1. The normalized spacial score (nSPS) is 27.9. The molecule has 15 heavy (non-hydrogen) atoms. The van der Waals surface area contributed by atoms with Crippen molar-refractivity contribution in [1.29, 1.82) is 0 Å². The molecule has 1 aliphatic rings. The van der Waals surface area contributed by atoms with Crippen LogP contribution in [0.5, 0.6) is 0 Å². The highest BCUT2D eigenvalue weighted by atomic mass is 16.3. The SMILES string of the molecule is CN1CCCC(CO)(c2ccccn2)C1. The van der Waals surface area contributed by atoms with Crippen molar-refractivity contribution in [2.24, 2.45) is 0 Å². The highest BCUT2D eigenvalue weighted by Crippen LogP contribution is 2.31. The third-order valence-electron chi connectivity index (χ3n) is 3.28. The molecule has 0 saturated carbocycles. The Bertz CT molecular complexity index is 315. The summed E-state index contributed by atoms with van der Waals surface area (Å²) in [7, 11) is 2.10. The van der Waals surface area contributed by atoms with Crippen LogP contribution >= 0.6 is 0 Å². The van der Waals surface area contributed by atoms with Gasteiger partial charge >= 0.3 is 0 Å². The predicted molar refractivity (Wildman–Crippen MR) is 59.7 cm³/mol. The van der Waals surface area contributed by atoms with Crippen molar-refractivity contribution < 1.29 is 5.11 Å². The van der Waals surface area contributed by atoms with Crippen LogP contribution in [-0.4, -0.2) is 41.7 Å². The molecule has 0 spiro atoms. The topological polar surface area (TPSA) is 36.4 Å². The number of rotatable bonds is 2. The zero-order chi connectivity index (χ0) is 10.7. The van der Waals surface area contributed by atoms with E-state index in [9.17, 15) is 5.11 Å². The Hall–Kier alpha value is -0.930. The van der Waals surface area contributed by atoms with Gasteiger partial charge in [-0.15, -0.1) is 0 Å². The van der Waals surface area contributed by atoms with E-state index >= 15 is 0 Å². The Morgan fingerprint density at radius 2 is 2.40 bits per heavy atom. The number of likely N-dealkylation sites (tertiary alicyclic amines) is 1. The van der Waals surface area contributed by atoms with Gasteiger partial charge in [0, 0.05) is 18.2 Å². The predicted octanol–water partition coefficient (Wildman–Crippen LogP) is 1.04. The molecule has 0 radical (unpaired) electrons. The summed E-state index contributed by atoms with van der Waals surface area (Å²) in [5, 5.41) is 9.65. The van der Waals surface area contributed by atoms with Gasteiger partial charge in [-0.05, 0) is 38.6 Å². The number of likely N-dealkylation sites (N-methyl/N-ethyl adjacent to an activating group) is 1. The first-order valence-electron chi connectivity index (χ1n) is 5.48. The molecule has 2 heterocycles. The van der Waals surface area contributed by atoms with Gasteiger partial charge < -0.3 is 10.0 Å². The summed E-state index contributed by atoms with van der Waals surface area (Å²) in [6.45, 7) is 2.21. The van der Waals surface area contributed by atoms with Crippen molar-refractivity contribution in [1.82, 2.24) is 9.88 Å². The van der Waals surface area contributed by atoms with Crippen molar-refractivity contribution in [3.63, 3.8) is 0 Å². The molecule has 0 aromatic carbocycles. The number of nitrogens with zero attached hydrogens (tertiary/aromatic N) is 2. The third-order valence-corrected chi connectivity index (χ3v) is 3.28. The van der Waals surface area contributed by atoms with Crippen molar-refractivity contribution in [3.05, 3.63) is 30.1 Å². The summed E-state index contributed by atoms with van der Waals surface area (Å²) in [4.78, 5) is 6.67. The number of piperidine rings is 1. The maximum atomic E-state index is 9.65. The summed E-state index contributed by atoms with van der Waals surface area (Å²) in [6.07, 6.45) is 3.97. The first-order valence-corrected chi connectivity index (χ1v) is 5.48. The first kappa shape index (κ1) is 10.6. The molecule has 1 aliphatic heterocycles. The molecular weight excluding hydrogens is 188 g/mol. The van der Waals surface area contributed by atoms with Gasteiger partial charge in [-0.25, -0.2) is 0 Å². The Morgan fingerprint density at radius 3 is 3.00 bits per heavy atom. The van der Waals surface area contributed by atoms with Gasteiger partial charge in [-0.2, -0.15) is 0 Å². The summed E-state index contributed by atoms with van der Waals surface area (Å²) in [6, 6.07) is 5.94. The third kappa shape index (κ3) is 2.03. The van der Waals surface area contributed by atoms with Gasteiger partial charge in [0.1, 0.15) is 0 Å². The quantitative estimate of drug-likeness (QED) is 0.785. The van der Waals surface area contributed by atoms with E-state index in [2.05, 4.69) is 16.9 Å². The van der Waals surface area contributed by atoms with E-state index in [0.29, 0.717) is 0 Å². The van der Waals surface area contributed by atoms with E-state index in [0.717, 1.165) is 31.6 Å². The van der Waals surface area contributed by atoms with Gasteiger partial charge in [-0.1, -0.05) is 6.07 Å². The van der Waals surface area contributed by atoms with Crippen molar-refractivity contribution in [2.45, 2.75) is 18.3 Å². The summed E-state index contributed by atoms with van der Waals surface area (Å²) >= 11 is 0. The average Bonchev–Trinajstić information content (AvgIpc) is 2.30. The molecule has 0 aliphatic carbocycles.